The topological polar surface area (TPSA) is 80.3 Å². The Morgan fingerprint density at radius 3 is 2.44 bits per heavy atom. The van der Waals surface area contributed by atoms with E-state index >= 15 is 0 Å². The molecular weight excluding hydrogens is 458 g/mol. The summed E-state index contributed by atoms with van der Waals surface area (Å²) in [4.78, 5) is 30.7. The van der Waals surface area contributed by atoms with Crippen LogP contribution < -0.4 is 19.5 Å². The van der Waals surface area contributed by atoms with Crippen LogP contribution in [0.2, 0.25) is 0 Å². The lowest BCUT2D eigenvalue weighted by Gasteiger charge is -2.40. The van der Waals surface area contributed by atoms with Crippen LogP contribution in [0.1, 0.15) is 41.6 Å². The van der Waals surface area contributed by atoms with Gasteiger partial charge in [0.1, 0.15) is 5.75 Å². The van der Waals surface area contributed by atoms with Crippen LogP contribution in [0, 0.1) is 5.92 Å². The zero-order chi connectivity index (χ0) is 24.9. The monoisotopic (exact) mass is 493 g/mol. The zero-order valence-corrected chi connectivity index (χ0v) is 20.9. The van der Waals surface area contributed by atoms with Gasteiger partial charge >= 0.3 is 0 Å². The summed E-state index contributed by atoms with van der Waals surface area (Å²) in [6, 6.07) is 13.2. The van der Waals surface area contributed by atoms with E-state index in [2.05, 4.69) is 10.2 Å². The number of amides is 2. The Labute approximate surface area is 212 Å². The van der Waals surface area contributed by atoms with Crippen molar-refractivity contribution >= 4 is 11.8 Å². The minimum absolute atomic E-state index is 0.00527. The summed E-state index contributed by atoms with van der Waals surface area (Å²) in [6.07, 6.45) is 5.33. The van der Waals surface area contributed by atoms with Crippen LogP contribution in [-0.4, -0.2) is 74.3 Å². The molecule has 1 aliphatic carbocycles. The Kier molecular flexibility index (Phi) is 7.60. The van der Waals surface area contributed by atoms with Gasteiger partial charge in [-0.2, -0.15) is 0 Å². The van der Waals surface area contributed by atoms with E-state index in [0.29, 0.717) is 55.7 Å². The first-order valence-electron chi connectivity index (χ1n) is 13.0. The fourth-order valence-electron chi connectivity index (χ4n) is 5.59. The van der Waals surface area contributed by atoms with E-state index < -0.39 is 0 Å². The second kappa shape index (κ2) is 11.2. The highest BCUT2D eigenvalue weighted by atomic mass is 16.7. The van der Waals surface area contributed by atoms with E-state index in [0.717, 1.165) is 25.0 Å². The molecule has 2 amide bonds. The Hall–Kier alpha value is -3.26. The molecule has 1 N–H and O–H groups in total. The number of carbonyl (C=O) groups excluding carboxylic acids is 2. The van der Waals surface area contributed by atoms with Gasteiger partial charge in [-0.1, -0.05) is 25.0 Å². The van der Waals surface area contributed by atoms with Gasteiger partial charge in [0, 0.05) is 38.3 Å². The fraction of sp³-hybridized carbons (Fsp3) is 0.500. The highest BCUT2D eigenvalue weighted by Crippen LogP contribution is 2.33. The summed E-state index contributed by atoms with van der Waals surface area (Å²) in [5.74, 6) is 2.61. The Bertz CT molecular complexity index is 1060. The molecule has 1 atom stereocenters. The van der Waals surface area contributed by atoms with Crippen molar-refractivity contribution in [2.75, 3.05) is 46.6 Å². The summed E-state index contributed by atoms with van der Waals surface area (Å²) in [5, 5.41) is 3.20. The highest BCUT2D eigenvalue weighted by molar-refractivity contribution is 5.95. The normalized spacial score (nSPS) is 18.8. The molecule has 2 aromatic carbocycles. The van der Waals surface area contributed by atoms with Crippen LogP contribution in [0.5, 0.6) is 17.2 Å². The number of carbonyl (C=O) groups is 2. The van der Waals surface area contributed by atoms with Crippen LogP contribution in [0.4, 0.5) is 0 Å². The molecule has 192 valence electrons. The third kappa shape index (κ3) is 5.43. The predicted octanol–water partition coefficient (Wildman–Crippen LogP) is 3.10. The van der Waals surface area contributed by atoms with Gasteiger partial charge in [0.15, 0.2) is 11.5 Å². The molecule has 2 fully saturated rings. The van der Waals surface area contributed by atoms with Crippen LogP contribution >= 0.6 is 0 Å². The molecule has 1 saturated heterocycles. The maximum absolute atomic E-state index is 13.4. The summed E-state index contributed by atoms with van der Waals surface area (Å²) >= 11 is 0. The van der Waals surface area contributed by atoms with E-state index in [1.165, 1.54) is 18.4 Å². The van der Waals surface area contributed by atoms with Gasteiger partial charge in [0.2, 0.25) is 12.7 Å². The van der Waals surface area contributed by atoms with Gasteiger partial charge in [0.05, 0.1) is 13.2 Å². The van der Waals surface area contributed by atoms with Gasteiger partial charge in [0.25, 0.3) is 5.91 Å². The molecule has 5 rings (SSSR count). The number of ether oxygens (including phenoxy) is 3. The zero-order valence-electron chi connectivity index (χ0n) is 20.9. The van der Waals surface area contributed by atoms with Gasteiger partial charge in [-0.15, -0.1) is 0 Å². The van der Waals surface area contributed by atoms with Gasteiger partial charge < -0.3 is 24.4 Å². The van der Waals surface area contributed by atoms with Crippen LogP contribution in [0.25, 0.3) is 0 Å². The summed E-state index contributed by atoms with van der Waals surface area (Å²) in [5.41, 5.74) is 1.78. The lowest BCUT2D eigenvalue weighted by atomic mass is 9.94. The second-order valence-corrected chi connectivity index (χ2v) is 9.77. The molecular formula is C28H35N3O5. The third-order valence-electron chi connectivity index (χ3n) is 7.60. The van der Waals surface area contributed by atoms with E-state index in [1.807, 2.05) is 29.2 Å². The van der Waals surface area contributed by atoms with E-state index in [1.54, 1.807) is 25.3 Å². The third-order valence-corrected chi connectivity index (χ3v) is 7.60. The van der Waals surface area contributed by atoms with E-state index in [-0.39, 0.29) is 24.6 Å². The second-order valence-electron chi connectivity index (χ2n) is 9.77. The van der Waals surface area contributed by atoms with Crippen LogP contribution in [-0.2, 0) is 11.2 Å². The number of hydrogen-bond donors (Lipinski definition) is 1. The number of nitrogens with one attached hydrogen (secondary N) is 1. The number of rotatable bonds is 8. The number of nitrogens with zero attached hydrogens (tertiary/aromatic N) is 2. The number of fused-ring (bicyclic) bond motifs is 1. The van der Waals surface area contributed by atoms with Crippen molar-refractivity contribution in [3.63, 3.8) is 0 Å². The van der Waals surface area contributed by atoms with Crippen molar-refractivity contribution in [3.05, 3.63) is 53.6 Å². The first kappa shape index (κ1) is 24.4. The molecule has 8 nitrogen and oxygen atoms in total. The molecule has 1 saturated carbocycles. The number of piperazine rings is 1. The van der Waals surface area contributed by atoms with E-state index in [9.17, 15) is 9.59 Å². The first-order chi connectivity index (χ1) is 17.6. The lowest BCUT2D eigenvalue weighted by Crippen LogP contribution is -2.58. The van der Waals surface area contributed by atoms with Gasteiger partial charge in [-0.25, -0.2) is 0 Å². The predicted molar refractivity (Wildman–Crippen MR) is 135 cm³/mol. The van der Waals surface area contributed by atoms with Crippen LogP contribution in [0.3, 0.4) is 0 Å². The average Bonchev–Trinajstić information content (AvgIpc) is 3.61. The smallest absolute Gasteiger partial charge is 0.254 e. The summed E-state index contributed by atoms with van der Waals surface area (Å²) in [7, 11) is 1.66. The standard InChI is InChI=1S/C28H35N3O5/c1-34-23-9-6-20(7-10-23)12-13-29-27(32)26(21-4-2-3-5-21)30-14-16-31(17-15-30)28(33)22-8-11-24-25(18-22)36-19-35-24/h6-11,18,21,26H,2-5,12-17,19H2,1H3,(H,29,32)/t26-/m1/s1. The average molecular weight is 494 g/mol. The van der Waals surface area contributed by atoms with Crippen molar-refractivity contribution in [3.8, 4) is 17.2 Å². The summed E-state index contributed by atoms with van der Waals surface area (Å²) < 4.78 is 16.0. The molecule has 2 aromatic rings. The largest absolute Gasteiger partial charge is 0.497 e. The molecule has 3 aliphatic rings. The Balaban J connectivity index is 1.17. The molecule has 0 bridgehead atoms. The van der Waals surface area contributed by atoms with Crippen molar-refractivity contribution in [2.24, 2.45) is 5.92 Å². The highest BCUT2D eigenvalue weighted by Gasteiger charge is 2.37. The summed E-state index contributed by atoms with van der Waals surface area (Å²) in [6.45, 7) is 3.41. The number of methoxy groups -OCH3 is 1. The molecule has 8 heteroatoms. The minimum atomic E-state index is -0.133. The van der Waals surface area contributed by atoms with E-state index in [4.69, 9.17) is 14.2 Å². The number of hydrogen-bond acceptors (Lipinski definition) is 6. The quantitative estimate of drug-likeness (QED) is 0.609. The SMILES string of the molecule is COc1ccc(CCNC(=O)[C@@H](C2CCCC2)N2CCN(C(=O)c3ccc4c(c3)OCO4)CC2)cc1. The van der Waals surface area contributed by atoms with Crippen molar-refractivity contribution in [1.82, 2.24) is 15.1 Å². The van der Waals surface area contributed by atoms with Crippen molar-refractivity contribution < 1.29 is 23.8 Å². The lowest BCUT2D eigenvalue weighted by molar-refractivity contribution is -0.129. The van der Waals surface area contributed by atoms with Crippen molar-refractivity contribution in [2.45, 2.75) is 38.1 Å². The van der Waals surface area contributed by atoms with Crippen molar-refractivity contribution in [1.29, 1.82) is 0 Å². The maximum atomic E-state index is 13.4. The molecule has 36 heavy (non-hydrogen) atoms. The van der Waals surface area contributed by atoms with Gasteiger partial charge in [-0.3, -0.25) is 14.5 Å². The Morgan fingerprint density at radius 2 is 1.72 bits per heavy atom. The van der Waals surface area contributed by atoms with Gasteiger partial charge in [-0.05, 0) is 61.1 Å². The molecule has 0 radical (unpaired) electrons. The molecule has 0 aromatic heterocycles. The molecule has 2 aliphatic heterocycles. The molecule has 0 unspecified atom stereocenters. The molecule has 0 spiro atoms. The minimum Gasteiger partial charge on any atom is -0.497 e. The van der Waals surface area contributed by atoms with Crippen LogP contribution in [0.15, 0.2) is 42.5 Å². The first-order valence-corrected chi connectivity index (χ1v) is 13.0. The number of benzene rings is 2. The molecule has 2 heterocycles. The maximum Gasteiger partial charge on any atom is 0.254 e. The Morgan fingerprint density at radius 1 is 1.00 bits per heavy atom. The fourth-order valence-corrected chi connectivity index (χ4v) is 5.59.